The van der Waals surface area contributed by atoms with Gasteiger partial charge in [-0.15, -0.1) is 0 Å². The number of morpholine rings is 1. The van der Waals surface area contributed by atoms with Crippen LogP contribution in [0.2, 0.25) is 0 Å². The zero-order valence-corrected chi connectivity index (χ0v) is 9.44. The van der Waals surface area contributed by atoms with Crippen LogP contribution in [0.25, 0.3) is 0 Å². The van der Waals surface area contributed by atoms with Crippen molar-refractivity contribution in [1.82, 2.24) is 10.2 Å². The van der Waals surface area contributed by atoms with Gasteiger partial charge < -0.3 is 15.2 Å². The first-order valence-electron chi connectivity index (χ1n) is 5.34. The second kappa shape index (κ2) is 6.57. The van der Waals surface area contributed by atoms with Crippen LogP contribution in [-0.2, 0) is 14.3 Å². The minimum absolute atomic E-state index is 0.238. The molecule has 0 aromatic rings. The number of amides is 1. The van der Waals surface area contributed by atoms with Crippen LogP contribution in [0.4, 0.5) is 0 Å². The number of Topliss-reactive ketones (excluding diaryl/α,β-unsaturated/α-hetero) is 1. The number of nitrogens with zero attached hydrogens (tertiary/aromatic N) is 1. The molecule has 1 heterocycles. The number of nitrogens with one attached hydrogen (secondary N) is 1. The van der Waals surface area contributed by atoms with E-state index in [1.807, 2.05) is 4.90 Å². The second-order valence-corrected chi connectivity index (χ2v) is 3.80. The largest absolute Gasteiger partial charge is 0.394 e. The number of ether oxygens (including phenoxy) is 1. The lowest BCUT2D eigenvalue weighted by molar-refractivity contribution is -0.129. The predicted molar refractivity (Wildman–Crippen MR) is 57.0 cm³/mol. The summed E-state index contributed by atoms with van der Waals surface area (Å²) in [6.07, 6.45) is 0. The Bertz CT molecular complexity index is 251. The summed E-state index contributed by atoms with van der Waals surface area (Å²) in [6.45, 7) is 3.93. The summed E-state index contributed by atoms with van der Waals surface area (Å²) >= 11 is 0. The topological polar surface area (TPSA) is 78.9 Å². The van der Waals surface area contributed by atoms with Crippen molar-refractivity contribution in [2.24, 2.45) is 0 Å². The number of aliphatic hydroxyl groups excluding tert-OH is 1. The zero-order valence-electron chi connectivity index (χ0n) is 9.44. The molecule has 1 saturated heterocycles. The Hall–Kier alpha value is -0.980. The van der Waals surface area contributed by atoms with Crippen LogP contribution in [0.3, 0.4) is 0 Å². The molecule has 92 valence electrons. The zero-order chi connectivity index (χ0) is 12.0. The van der Waals surface area contributed by atoms with Crippen molar-refractivity contribution in [2.45, 2.75) is 13.0 Å². The molecule has 0 bridgehead atoms. The van der Waals surface area contributed by atoms with Crippen molar-refractivity contribution in [3.63, 3.8) is 0 Å². The molecule has 1 amide bonds. The maximum Gasteiger partial charge on any atom is 0.234 e. The van der Waals surface area contributed by atoms with E-state index in [4.69, 9.17) is 9.84 Å². The van der Waals surface area contributed by atoms with Crippen LogP contribution in [0.15, 0.2) is 0 Å². The first-order chi connectivity index (χ1) is 7.63. The molecule has 0 aromatic carbocycles. The smallest absolute Gasteiger partial charge is 0.234 e. The van der Waals surface area contributed by atoms with Gasteiger partial charge in [0.05, 0.1) is 26.4 Å². The minimum Gasteiger partial charge on any atom is -0.394 e. The van der Waals surface area contributed by atoms with Crippen molar-refractivity contribution in [1.29, 1.82) is 0 Å². The molecular weight excluding hydrogens is 212 g/mol. The Kier molecular flexibility index (Phi) is 5.37. The summed E-state index contributed by atoms with van der Waals surface area (Å²) in [7, 11) is 0. The number of rotatable bonds is 5. The fourth-order valence-electron chi connectivity index (χ4n) is 1.48. The number of carbonyl (C=O) groups is 2. The Balaban J connectivity index is 2.31. The van der Waals surface area contributed by atoms with E-state index in [1.165, 1.54) is 6.92 Å². The summed E-state index contributed by atoms with van der Waals surface area (Å²) in [5, 5.41) is 11.4. The Morgan fingerprint density at radius 3 is 2.56 bits per heavy atom. The van der Waals surface area contributed by atoms with E-state index < -0.39 is 6.04 Å². The molecule has 6 nitrogen and oxygen atoms in total. The summed E-state index contributed by atoms with van der Waals surface area (Å²) in [5.41, 5.74) is 0. The van der Waals surface area contributed by atoms with E-state index in [0.29, 0.717) is 13.2 Å². The molecule has 16 heavy (non-hydrogen) atoms. The summed E-state index contributed by atoms with van der Waals surface area (Å²) in [6, 6.07) is -0.784. The molecule has 0 spiro atoms. The fraction of sp³-hybridized carbons (Fsp3) is 0.800. The molecule has 0 radical (unpaired) electrons. The fourth-order valence-corrected chi connectivity index (χ4v) is 1.48. The summed E-state index contributed by atoms with van der Waals surface area (Å²) in [5.74, 6) is -0.478. The summed E-state index contributed by atoms with van der Waals surface area (Å²) < 4.78 is 5.15. The van der Waals surface area contributed by atoms with E-state index in [9.17, 15) is 9.59 Å². The number of hydrogen-bond donors (Lipinski definition) is 2. The number of carbonyl (C=O) groups excluding carboxylic acids is 2. The highest BCUT2D eigenvalue weighted by molar-refractivity contribution is 5.88. The molecule has 1 atom stereocenters. The highest BCUT2D eigenvalue weighted by atomic mass is 16.5. The quantitative estimate of drug-likeness (QED) is 0.594. The summed E-state index contributed by atoms with van der Waals surface area (Å²) in [4.78, 5) is 24.5. The van der Waals surface area contributed by atoms with E-state index in [2.05, 4.69) is 5.32 Å². The van der Waals surface area contributed by atoms with Crippen LogP contribution in [0.1, 0.15) is 6.92 Å². The van der Waals surface area contributed by atoms with Crippen molar-refractivity contribution in [3.05, 3.63) is 0 Å². The van der Waals surface area contributed by atoms with Crippen molar-refractivity contribution in [2.75, 3.05) is 39.5 Å². The van der Waals surface area contributed by atoms with Gasteiger partial charge in [-0.05, 0) is 6.92 Å². The molecule has 1 unspecified atom stereocenters. The van der Waals surface area contributed by atoms with Gasteiger partial charge in [0.1, 0.15) is 6.04 Å². The van der Waals surface area contributed by atoms with Crippen LogP contribution >= 0.6 is 0 Å². The van der Waals surface area contributed by atoms with Gasteiger partial charge in [0.2, 0.25) is 5.91 Å². The van der Waals surface area contributed by atoms with Gasteiger partial charge in [-0.25, -0.2) is 0 Å². The molecule has 6 heteroatoms. The van der Waals surface area contributed by atoms with Crippen LogP contribution in [0.5, 0.6) is 0 Å². The lowest BCUT2D eigenvalue weighted by Crippen LogP contribution is -2.48. The average molecular weight is 230 g/mol. The lowest BCUT2D eigenvalue weighted by atomic mass is 10.2. The lowest BCUT2D eigenvalue weighted by Gasteiger charge is -2.26. The molecule has 0 aliphatic carbocycles. The van der Waals surface area contributed by atoms with Crippen molar-refractivity contribution in [3.8, 4) is 0 Å². The Labute approximate surface area is 94.6 Å². The molecule has 1 aliphatic rings. The number of aliphatic hydroxyl groups is 1. The molecule has 2 N–H and O–H groups in total. The van der Waals surface area contributed by atoms with Gasteiger partial charge in [0, 0.05) is 13.1 Å². The van der Waals surface area contributed by atoms with Gasteiger partial charge in [-0.3, -0.25) is 14.5 Å². The Morgan fingerprint density at radius 1 is 1.44 bits per heavy atom. The SMILES string of the molecule is CC(=O)C(CO)NC(=O)CN1CCOCC1. The van der Waals surface area contributed by atoms with Crippen LogP contribution in [0, 0.1) is 0 Å². The van der Waals surface area contributed by atoms with E-state index in [1.54, 1.807) is 0 Å². The van der Waals surface area contributed by atoms with Crippen molar-refractivity contribution < 1.29 is 19.4 Å². The predicted octanol–water partition coefficient (Wildman–Crippen LogP) is -1.62. The highest BCUT2D eigenvalue weighted by Crippen LogP contribution is 1.96. The van der Waals surface area contributed by atoms with Gasteiger partial charge in [-0.1, -0.05) is 0 Å². The maximum absolute atomic E-state index is 11.5. The third-order valence-corrected chi connectivity index (χ3v) is 2.48. The van der Waals surface area contributed by atoms with Gasteiger partial charge in [-0.2, -0.15) is 0 Å². The molecule has 0 aromatic heterocycles. The first kappa shape index (κ1) is 13.1. The molecule has 1 aliphatic heterocycles. The van der Waals surface area contributed by atoms with Crippen LogP contribution in [-0.4, -0.2) is 67.2 Å². The third kappa shape index (κ3) is 4.26. The highest BCUT2D eigenvalue weighted by Gasteiger charge is 2.18. The standard InChI is InChI=1S/C10H18N2O4/c1-8(14)9(7-13)11-10(15)6-12-2-4-16-5-3-12/h9,13H,2-7H2,1H3,(H,11,15). The minimum atomic E-state index is -0.784. The number of ketones is 1. The average Bonchev–Trinajstić information content (AvgIpc) is 2.27. The van der Waals surface area contributed by atoms with Crippen molar-refractivity contribution >= 4 is 11.7 Å². The monoisotopic (exact) mass is 230 g/mol. The normalized spacial score (nSPS) is 19.1. The van der Waals surface area contributed by atoms with Gasteiger partial charge in [0.25, 0.3) is 0 Å². The van der Waals surface area contributed by atoms with Crippen LogP contribution < -0.4 is 5.32 Å². The second-order valence-electron chi connectivity index (χ2n) is 3.80. The van der Waals surface area contributed by atoms with Gasteiger partial charge in [0.15, 0.2) is 5.78 Å². The Morgan fingerprint density at radius 2 is 2.06 bits per heavy atom. The van der Waals surface area contributed by atoms with E-state index >= 15 is 0 Å². The molecule has 1 fully saturated rings. The van der Waals surface area contributed by atoms with E-state index in [0.717, 1.165) is 13.1 Å². The molecule has 1 rings (SSSR count). The molecular formula is C10H18N2O4. The number of hydrogen-bond acceptors (Lipinski definition) is 5. The first-order valence-corrected chi connectivity index (χ1v) is 5.34. The molecule has 0 saturated carbocycles. The van der Waals surface area contributed by atoms with E-state index in [-0.39, 0.29) is 24.8 Å². The van der Waals surface area contributed by atoms with Gasteiger partial charge >= 0.3 is 0 Å². The maximum atomic E-state index is 11.5. The third-order valence-electron chi connectivity index (χ3n) is 2.48.